The van der Waals surface area contributed by atoms with Crippen LogP contribution >= 0.6 is 12.2 Å². The summed E-state index contributed by atoms with van der Waals surface area (Å²) in [5.74, 6) is -1.32. The second-order valence-corrected chi connectivity index (χ2v) is 3.91. The van der Waals surface area contributed by atoms with Gasteiger partial charge in [-0.1, -0.05) is 13.0 Å². The minimum atomic E-state index is -0.659. The average molecular weight is 244 g/mol. The largest absolute Gasteiger partial charge is 0.360 e. The summed E-state index contributed by atoms with van der Waals surface area (Å²) in [6.45, 7) is 3.93. The molecule has 1 aromatic rings. The Labute approximate surface area is 99.0 Å². The standard InChI is InChI=1S/C11H14F2N2S/c1-3-7(2)14-11(16)15-10-8(12)5-4-6-9(10)13/h4-7H,3H2,1-2H3,(H2,14,15,16)/t7-/m0/s1. The van der Waals surface area contributed by atoms with Crippen molar-refractivity contribution in [1.82, 2.24) is 5.32 Å². The van der Waals surface area contributed by atoms with E-state index in [1.807, 2.05) is 13.8 Å². The van der Waals surface area contributed by atoms with Gasteiger partial charge in [-0.2, -0.15) is 0 Å². The second-order valence-electron chi connectivity index (χ2n) is 3.50. The lowest BCUT2D eigenvalue weighted by atomic mass is 10.2. The van der Waals surface area contributed by atoms with E-state index in [1.165, 1.54) is 18.2 Å². The maximum absolute atomic E-state index is 13.2. The molecule has 16 heavy (non-hydrogen) atoms. The van der Waals surface area contributed by atoms with Gasteiger partial charge in [0.2, 0.25) is 0 Å². The van der Waals surface area contributed by atoms with Crippen molar-refractivity contribution in [1.29, 1.82) is 0 Å². The van der Waals surface area contributed by atoms with Crippen molar-refractivity contribution >= 4 is 23.0 Å². The van der Waals surface area contributed by atoms with Gasteiger partial charge in [0.15, 0.2) is 5.11 Å². The molecule has 5 heteroatoms. The molecule has 0 bridgehead atoms. The van der Waals surface area contributed by atoms with Crippen LogP contribution in [0.2, 0.25) is 0 Å². The van der Waals surface area contributed by atoms with Crippen molar-refractivity contribution in [2.75, 3.05) is 5.32 Å². The number of thiocarbonyl (C=S) groups is 1. The molecule has 0 heterocycles. The Bertz CT molecular complexity index is 362. The normalized spacial score (nSPS) is 12.0. The fraction of sp³-hybridized carbons (Fsp3) is 0.364. The molecule has 0 aliphatic heterocycles. The van der Waals surface area contributed by atoms with E-state index in [0.717, 1.165) is 6.42 Å². The Morgan fingerprint density at radius 2 is 1.94 bits per heavy atom. The number of rotatable bonds is 3. The summed E-state index contributed by atoms with van der Waals surface area (Å²) < 4.78 is 26.5. The van der Waals surface area contributed by atoms with E-state index >= 15 is 0 Å². The molecule has 2 N–H and O–H groups in total. The maximum atomic E-state index is 13.2. The first kappa shape index (κ1) is 12.8. The number of hydrogen-bond acceptors (Lipinski definition) is 1. The molecule has 0 aromatic heterocycles. The number of halogens is 2. The zero-order valence-electron chi connectivity index (χ0n) is 9.18. The van der Waals surface area contributed by atoms with Crippen LogP contribution in [0.3, 0.4) is 0 Å². The van der Waals surface area contributed by atoms with E-state index in [1.54, 1.807) is 0 Å². The highest BCUT2D eigenvalue weighted by atomic mass is 32.1. The van der Waals surface area contributed by atoms with Crippen molar-refractivity contribution in [3.63, 3.8) is 0 Å². The highest BCUT2D eigenvalue weighted by Gasteiger charge is 2.10. The quantitative estimate of drug-likeness (QED) is 0.799. The van der Waals surface area contributed by atoms with Crippen LogP contribution in [0, 0.1) is 11.6 Å². The van der Waals surface area contributed by atoms with E-state index in [4.69, 9.17) is 12.2 Å². The first-order valence-corrected chi connectivity index (χ1v) is 5.47. The Morgan fingerprint density at radius 1 is 1.38 bits per heavy atom. The lowest BCUT2D eigenvalue weighted by Gasteiger charge is -2.15. The van der Waals surface area contributed by atoms with Crippen LogP contribution in [0.15, 0.2) is 18.2 Å². The summed E-state index contributed by atoms with van der Waals surface area (Å²) in [5, 5.41) is 5.65. The molecule has 0 radical (unpaired) electrons. The van der Waals surface area contributed by atoms with Crippen LogP contribution in [0.25, 0.3) is 0 Å². The molecular formula is C11H14F2N2S. The van der Waals surface area contributed by atoms with Crippen molar-refractivity contribution in [3.8, 4) is 0 Å². The van der Waals surface area contributed by atoms with Gasteiger partial charge in [0.05, 0.1) is 0 Å². The Balaban J connectivity index is 2.70. The van der Waals surface area contributed by atoms with Crippen LogP contribution in [-0.4, -0.2) is 11.2 Å². The maximum Gasteiger partial charge on any atom is 0.171 e. The first-order chi connectivity index (χ1) is 7.54. The fourth-order valence-corrected chi connectivity index (χ4v) is 1.40. The molecular weight excluding hydrogens is 230 g/mol. The van der Waals surface area contributed by atoms with Crippen molar-refractivity contribution < 1.29 is 8.78 Å². The van der Waals surface area contributed by atoms with Gasteiger partial charge in [-0.15, -0.1) is 0 Å². The molecule has 0 fully saturated rings. The van der Waals surface area contributed by atoms with Gasteiger partial charge in [0.25, 0.3) is 0 Å². The van der Waals surface area contributed by atoms with Gasteiger partial charge in [-0.3, -0.25) is 0 Å². The highest BCUT2D eigenvalue weighted by molar-refractivity contribution is 7.80. The highest BCUT2D eigenvalue weighted by Crippen LogP contribution is 2.17. The predicted molar refractivity (Wildman–Crippen MR) is 65.5 cm³/mol. The topological polar surface area (TPSA) is 24.1 Å². The molecule has 1 atom stereocenters. The third-order valence-electron chi connectivity index (χ3n) is 2.19. The fourth-order valence-electron chi connectivity index (χ4n) is 1.09. The van der Waals surface area contributed by atoms with Crippen LogP contribution in [0.1, 0.15) is 20.3 Å². The first-order valence-electron chi connectivity index (χ1n) is 5.06. The van der Waals surface area contributed by atoms with Crippen LogP contribution < -0.4 is 10.6 Å². The van der Waals surface area contributed by atoms with Crippen LogP contribution in [-0.2, 0) is 0 Å². The van der Waals surface area contributed by atoms with E-state index in [9.17, 15) is 8.78 Å². The minimum absolute atomic E-state index is 0.162. The minimum Gasteiger partial charge on any atom is -0.360 e. The molecule has 0 aliphatic rings. The Morgan fingerprint density at radius 3 is 2.44 bits per heavy atom. The molecule has 0 spiro atoms. The van der Waals surface area contributed by atoms with Crippen molar-refractivity contribution in [2.45, 2.75) is 26.3 Å². The lowest BCUT2D eigenvalue weighted by molar-refractivity contribution is 0.590. The zero-order valence-corrected chi connectivity index (χ0v) is 10.00. The van der Waals surface area contributed by atoms with Gasteiger partial charge >= 0.3 is 0 Å². The van der Waals surface area contributed by atoms with Gasteiger partial charge in [0.1, 0.15) is 17.3 Å². The number of nitrogens with one attached hydrogen (secondary N) is 2. The van der Waals surface area contributed by atoms with Gasteiger partial charge in [-0.05, 0) is 37.7 Å². The molecule has 1 aromatic carbocycles. The van der Waals surface area contributed by atoms with Crippen molar-refractivity contribution in [2.24, 2.45) is 0 Å². The molecule has 0 aliphatic carbocycles. The number of para-hydroxylation sites is 1. The van der Waals surface area contributed by atoms with Crippen LogP contribution in [0.5, 0.6) is 0 Å². The molecule has 0 saturated carbocycles. The SMILES string of the molecule is CC[C@H](C)NC(=S)Nc1c(F)cccc1F. The summed E-state index contributed by atoms with van der Waals surface area (Å²) in [6.07, 6.45) is 0.877. The third kappa shape index (κ3) is 3.41. The van der Waals surface area contributed by atoms with Crippen LogP contribution in [0.4, 0.5) is 14.5 Å². The smallest absolute Gasteiger partial charge is 0.171 e. The Kier molecular flexibility index (Phi) is 4.61. The monoisotopic (exact) mass is 244 g/mol. The van der Waals surface area contributed by atoms with E-state index in [-0.39, 0.29) is 16.8 Å². The van der Waals surface area contributed by atoms with Gasteiger partial charge in [-0.25, -0.2) is 8.78 Å². The van der Waals surface area contributed by atoms with Gasteiger partial charge in [0, 0.05) is 6.04 Å². The van der Waals surface area contributed by atoms with Gasteiger partial charge < -0.3 is 10.6 Å². The lowest BCUT2D eigenvalue weighted by Crippen LogP contribution is -2.35. The molecule has 0 unspecified atom stereocenters. The second kappa shape index (κ2) is 5.75. The summed E-state index contributed by atoms with van der Waals surface area (Å²) >= 11 is 4.94. The molecule has 0 amide bonds. The molecule has 88 valence electrons. The molecule has 1 rings (SSSR count). The summed E-state index contributed by atoms with van der Waals surface area (Å²) in [6, 6.07) is 3.82. The average Bonchev–Trinajstić information content (AvgIpc) is 2.23. The summed E-state index contributed by atoms with van der Waals surface area (Å²) in [4.78, 5) is 0. The number of benzene rings is 1. The summed E-state index contributed by atoms with van der Waals surface area (Å²) in [7, 11) is 0. The third-order valence-corrected chi connectivity index (χ3v) is 2.41. The van der Waals surface area contributed by atoms with E-state index < -0.39 is 11.6 Å². The van der Waals surface area contributed by atoms with E-state index in [2.05, 4.69) is 10.6 Å². The summed E-state index contributed by atoms with van der Waals surface area (Å²) in [5.41, 5.74) is -0.219. The zero-order chi connectivity index (χ0) is 12.1. The number of anilines is 1. The molecule has 2 nitrogen and oxygen atoms in total. The van der Waals surface area contributed by atoms with E-state index in [0.29, 0.717) is 0 Å². The van der Waals surface area contributed by atoms with Crippen molar-refractivity contribution in [3.05, 3.63) is 29.8 Å². The molecule has 0 saturated heterocycles. The predicted octanol–water partition coefficient (Wildman–Crippen LogP) is 3.05. The number of hydrogen-bond donors (Lipinski definition) is 2. The Hall–Kier alpha value is -1.23.